The van der Waals surface area contributed by atoms with Crippen LogP contribution in [-0.2, 0) is 4.79 Å². The average molecular weight is 422 g/mol. The van der Waals surface area contributed by atoms with Crippen LogP contribution in [0.4, 0.5) is 0 Å². The van der Waals surface area contributed by atoms with Gasteiger partial charge in [0.05, 0.1) is 5.69 Å². The van der Waals surface area contributed by atoms with E-state index in [2.05, 4.69) is 57.9 Å². The van der Waals surface area contributed by atoms with Crippen LogP contribution in [0, 0.1) is 0 Å². The molecule has 0 spiro atoms. The van der Waals surface area contributed by atoms with Gasteiger partial charge in [-0.3, -0.25) is 14.3 Å². The van der Waals surface area contributed by atoms with Crippen molar-refractivity contribution >= 4 is 17.7 Å². The predicted molar refractivity (Wildman–Crippen MR) is 120 cm³/mol. The lowest BCUT2D eigenvalue weighted by Crippen LogP contribution is -2.25. The first-order valence-electron chi connectivity index (χ1n) is 10.5. The summed E-state index contributed by atoms with van der Waals surface area (Å²) in [5.41, 5.74) is 3.30. The lowest BCUT2D eigenvalue weighted by atomic mass is 10.0. The minimum Gasteiger partial charge on any atom is -0.343 e. The molecule has 1 fully saturated rings. The highest BCUT2D eigenvalue weighted by molar-refractivity contribution is 7.99. The van der Waals surface area contributed by atoms with Crippen LogP contribution in [0.3, 0.4) is 0 Å². The van der Waals surface area contributed by atoms with Gasteiger partial charge in [0, 0.05) is 43.2 Å². The zero-order chi connectivity index (χ0) is 20.9. The molecule has 3 aromatic rings. The van der Waals surface area contributed by atoms with Gasteiger partial charge in [0.25, 0.3) is 0 Å². The fourth-order valence-corrected chi connectivity index (χ4v) is 4.67. The van der Waals surface area contributed by atoms with E-state index in [0.717, 1.165) is 53.9 Å². The van der Waals surface area contributed by atoms with E-state index in [9.17, 15) is 4.79 Å². The first-order valence-corrected chi connectivity index (χ1v) is 11.5. The van der Waals surface area contributed by atoms with Gasteiger partial charge in [-0.2, -0.15) is 0 Å². The summed E-state index contributed by atoms with van der Waals surface area (Å²) in [4.78, 5) is 18.1. The molecule has 4 rings (SSSR count). The second-order valence-electron chi connectivity index (χ2n) is 7.78. The first-order chi connectivity index (χ1) is 14.6. The average Bonchev–Trinajstić information content (AvgIpc) is 3.37. The Morgan fingerprint density at radius 2 is 2.00 bits per heavy atom. The number of hydrogen-bond donors (Lipinski definition) is 0. The molecule has 2 aromatic heterocycles. The second kappa shape index (κ2) is 9.43. The first kappa shape index (κ1) is 20.6. The zero-order valence-corrected chi connectivity index (χ0v) is 18.3. The van der Waals surface area contributed by atoms with E-state index in [-0.39, 0.29) is 5.91 Å². The quantitative estimate of drug-likeness (QED) is 0.394. The van der Waals surface area contributed by atoms with Crippen LogP contribution in [-0.4, -0.2) is 49.4 Å². The number of hydrogen-bond acceptors (Lipinski definition) is 5. The molecule has 0 unspecified atom stereocenters. The number of benzene rings is 1. The van der Waals surface area contributed by atoms with Crippen LogP contribution < -0.4 is 0 Å². The van der Waals surface area contributed by atoms with Gasteiger partial charge in [-0.1, -0.05) is 43.8 Å². The molecule has 0 atom stereocenters. The normalized spacial score (nSPS) is 14.1. The monoisotopic (exact) mass is 421 g/mol. The van der Waals surface area contributed by atoms with Crippen molar-refractivity contribution in [1.82, 2.24) is 24.6 Å². The lowest BCUT2D eigenvalue weighted by molar-refractivity contribution is -0.127. The Labute approximate surface area is 181 Å². The summed E-state index contributed by atoms with van der Waals surface area (Å²) in [6.45, 7) is 6.12. The molecule has 6 nitrogen and oxygen atoms in total. The molecule has 3 heterocycles. The molecule has 0 bridgehead atoms. The number of carbonyl (C=O) groups is 1. The number of amides is 1. The molecule has 156 valence electrons. The van der Waals surface area contributed by atoms with E-state index in [0.29, 0.717) is 12.3 Å². The Hall–Kier alpha value is -2.67. The summed E-state index contributed by atoms with van der Waals surface area (Å²) in [5, 5.41) is 9.91. The molecule has 7 heteroatoms. The molecule has 1 aliphatic rings. The molecule has 0 radical (unpaired) electrons. The fraction of sp³-hybridized carbons (Fsp3) is 0.391. The van der Waals surface area contributed by atoms with Gasteiger partial charge in [0.1, 0.15) is 0 Å². The standard InChI is InChI=1S/C23H27N5OS/c1-17(2)19-9-3-4-10-20(19)28-22(18-8-5-12-24-16-18)25-26-23(28)30-15-7-14-27-13-6-11-21(27)29/h3-5,8-10,12,16-17H,6-7,11,13-15H2,1-2H3. The number of rotatable bonds is 8. The smallest absolute Gasteiger partial charge is 0.222 e. The predicted octanol–water partition coefficient (Wildman–Crippen LogP) is 4.56. The van der Waals surface area contributed by atoms with Gasteiger partial charge < -0.3 is 4.90 Å². The van der Waals surface area contributed by atoms with Gasteiger partial charge >= 0.3 is 0 Å². The highest BCUT2D eigenvalue weighted by atomic mass is 32.2. The van der Waals surface area contributed by atoms with E-state index < -0.39 is 0 Å². The number of pyridine rings is 1. The van der Waals surface area contributed by atoms with E-state index in [1.54, 1.807) is 18.0 Å². The third kappa shape index (κ3) is 4.41. The number of likely N-dealkylation sites (tertiary alicyclic amines) is 1. The number of nitrogens with zero attached hydrogens (tertiary/aromatic N) is 5. The minimum absolute atomic E-state index is 0.285. The SMILES string of the molecule is CC(C)c1ccccc1-n1c(SCCCN2CCCC2=O)nnc1-c1cccnc1. The van der Waals surface area contributed by atoms with E-state index in [1.165, 1.54) is 5.56 Å². The summed E-state index contributed by atoms with van der Waals surface area (Å²) in [5.74, 6) is 2.35. The van der Waals surface area contributed by atoms with E-state index in [4.69, 9.17) is 0 Å². The van der Waals surface area contributed by atoms with Crippen molar-refractivity contribution in [1.29, 1.82) is 0 Å². The number of para-hydroxylation sites is 1. The second-order valence-corrected chi connectivity index (χ2v) is 8.85. The van der Waals surface area contributed by atoms with Crippen LogP contribution in [0.5, 0.6) is 0 Å². The van der Waals surface area contributed by atoms with Gasteiger partial charge in [0.15, 0.2) is 11.0 Å². The van der Waals surface area contributed by atoms with Crippen LogP contribution in [0.1, 0.15) is 44.6 Å². The highest BCUT2D eigenvalue weighted by Crippen LogP contribution is 2.32. The topological polar surface area (TPSA) is 63.9 Å². The molecule has 1 saturated heterocycles. The maximum atomic E-state index is 11.8. The Kier molecular flexibility index (Phi) is 6.47. The Bertz CT molecular complexity index is 1000. The van der Waals surface area contributed by atoms with Crippen molar-refractivity contribution in [3.63, 3.8) is 0 Å². The molecular formula is C23H27N5OS. The molecule has 0 aliphatic carbocycles. The lowest BCUT2D eigenvalue weighted by Gasteiger charge is -2.17. The Morgan fingerprint density at radius 3 is 2.73 bits per heavy atom. The third-order valence-corrected chi connectivity index (χ3v) is 6.34. The molecular weight excluding hydrogens is 394 g/mol. The minimum atomic E-state index is 0.285. The Balaban J connectivity index is 1.61. The van der Waals surface area contributed by atoms with Crippen molar-refractivity contribution in [2.45, 2.75) is 44.2 Å². The van der Waals surface area contributed by atoms with Crippen molar-refractivity contribution in [3.8, 4) is 17.1 Å². The van der Waals surface area contributed by atoms with Crippen molar-refractivity contribution in [2.75, 3.05) is 18.8 Å². The van der Waals surface area contributed by atoms with Crippen molar-refractivity contribution in [2.24, 2.45) is 0 Å². The molecule has 1 aliphatic heterocycles. The molecule has 0 N–H and O–H groups in total. The number of thioether (sulfide) groups is 1. The third-order valence-electron chi connectivity index (χ3n) is 5.33. The van der Waals surface area contributed by atoms with Crippen LogP contribution in [0.15, 0.2) is 53.9 Å². The van der Waals surface area contributed by atoms with Gasteiger partial charge in [0.2, 0.25) is 5.91 Å². The molecule has 30 heavy (non-hydrogen) atoms. The fourth-order valence-electron chi connectivity index (χ4n) is 3.80. The molecule has 1 amide bonds. The van der Waals surface area contributed by atoms with Crippen LogP contribution >= 0.6 is 11.8 Å². The van der Waals surface area contributed by atoms with Crippen LogP contribution in [0.2, 0.25) is 0 Å². The van der Waals surface area contributed by atoms with Gasteiger partial charge in [-0.15, -0.1) is 10.2 Å². The summed E-state index contributed by atoms with van der Waals surface area (Å²) >= 11 is 1.69. The highest BCUT2D eigenvalue weighted by Gasteiger charge is 2.21. The maximum Gasteiger partial charge on any atom is 0.222 e. The zero-order valence-electron chi connectivity index (χ0n) is 17.5. The van der Waals surface area contributed by atoms with Crippen LogP contribution in [0.25, 0.3) is 17.1 Å². The maximum absolute atomic E-state index is 11.8. The van der Waals surface area contributed by atoms with Crippen molar-refractivity contribution < 1.29 is 4.79 Å². The van der Waals surface area contributed by atoms with E-state index in [1.807, 2.05) is 23.2 Å². The Morgan fingerprint density at radius 1 is 1.13 bits per heavy atom. The van der Waals surface area contributed by atoms with E-state index >= 15 is 0 Å². The number of carbonyl (C=O) groups excluding carboxylic acids is 1. The summed E-state index contributed by atoms with van der Waals surface area (Å²) < 4.78 is 2.15. The summed E-state index contributed by atoms with van der Waals surface area (Å²) in [6.07, 6.45) is 6.22. The number of aromatic nitrogens is 4. The summed E-state index contributed by atoms with van der Waals surface area (Å²) in [6, 6.07) is 12.4. The van der Waals surface area contributed by atoms with Gasteiger partial charge in [-0.05, 0) is 42.5 Å². The molecule has 0 saturated carbocycles. The molecule has 1 aromatic carbocycles. The largest absolute Gasteiger partial charge is 0.343 e. The summed E-state index contributed by atoms with van der Waals surface area (Å²) in [7, 11) is 0. The van der Waals surface area contributed by atoms with Gasteiger partial charge in [-0.25, -0.2) is 0 Å². The van der Waals surface area contributed by atoms with Crippen molar-refractivity contribution in [3.05, 3.63) is 54.4 Å².